The van der Waals surface area contributed by atoms with Crippen molar-refractivity contribution in [2.75, 3.05) is 34.5 Å². The van der Waals surface area contributed by atoms with Gasteiger partial charge in [-0.2, -0.15) is 0 Å². The molecule has 1 atom stereocenters. The van der Waals surface area contributed by atoms with Crippen LogP contribution in [-0.2, 0) is 9.53 Å². The van der Waals surface area contributed by atoms with Gasteiger partial charge in [0.1, 0.15) is 12.4 Å². The van der Waals surface area contributed by atoms with Crippen LogP contribution in [-0.4, -0.2) is 56.6 Å². The number of likely N-dealkylation sites (N-methyl/N-ethyl adjacent to an activating group) is 1. The molecule has 0 saturated heterocycles. The Morgan fingerprint density at radius 1 is 0.861 bits per heavy atom. The summed E-state index contributed by atoms with van der Waals surface area (Å²) in [5, 5.41) is 10.2. The van der Waals surface area contributed by atoms with Gasteiger partial charge in [-0.3, -0.25) is 4.90 Å². The van der Waals surface area contributed by atoms with Crippen LogP contribution < -0.4 is 14.2 Å². The highest BCUT2D eigenvalue weighted by Crippen LogP contribution is 2.45. The van der Waals surface area contributed by atoms with Gasteiger partial charge in [0.05, 0.1) is 21.3 Å². The second kappa shape index (κ2) is 10.6. The molecule has 0 fully saturated rings. The summed E-state index contributed by atoms with van der Waals surface area (Å²) in [6.45, 7) is 1.88. The molecule has 0 aromatic heterocycles. The van der Waals surface area contributed by atoms with E-state index in [-0.39, 0.29) is 30.4 Å². The van der Waals surface area contributed by atoms with E-state index in [1.807, 2.05) is 36.4 Å². The van der Waals surface area contributed by atoms with Gasteiger partial charge >= 0.3 is 12.1 Å². The Hall–Kier alpha value is -4.20. The van der Waals surface area contributed by atoms with Gasteiger partial charge in [-0.15, -0.1) is 0 Å². The van der Waals surface area contributed by atoms with Crippen molar-refractivity contribution in [2.24, 2.45) is 0 Å². The van der Waals surface area contributed by atoms with Crippen molar-refractivity contribution in [3.63, 3.8) is 0 Å². The molecule has 0 heterocycles. The number of amides is 1. The number of hydrogen-bond acceptors (Lipinski definition) is 6. The molecule has 36 heavy (non-hydrogen) atoms. The van der Waals surface area contributed by atoms with Crippen molar-refractivity contribution >= 4 is 12.1 Å². The van der Waals surface area contributed by atoms with Crippen molar-refractivity contribution in [1.29, 1.82) is 0 Å². The first-order valence-electron chi connectivity index (χ1n) is 11.6. The number of ether oxygens (including phenoxy) is 4. The highest BCUT2D eigenvalue weighted by atomic mass is 16.6. The van der Waals surface area contributed by atoms with Gasteiger partial charge in [-0.25, -0.2) is 9.59 Å². The van der Waals surface area contributed by atoms with Crippen LogP contribution in [0, 0.1) is 0 Å². The van der Waals surface area contributed by atoms with Crippen molar-refractivity contribution in [3.8, 4) is 28.4 Å². The molecule has 1 unspecified atom stereocenters. The Kier molecular flexibility index (Phi) is 7.33. The largest absolute Gasteiger partial charge is 0.496 e. The molecule has 1 aliphatic carbocycles. The van der Waals surface area contributed by atoms with Crippen LogP contribution in [0.5, 0.6) is 17.2 Å². The van der Waals surface area contributed by atoms with Crippen molar-refractivity contribution in [2.45, 2.75) is 18.9 Å². The predicted molar refractivity (Wildman–Crippen MR) is 134 cm³/mol. The molecule has 1 aliphatic rings. The molecule has 1 amide bonds. The minimum atomic E-state index is -1.36. The quantitative estimate of drug-likeness (QED) is 0.445. The zero-order chi connectivity index (χ0) is 25.8. The van der Waals surface area contributed by atoms with Gasteiger partial charge in [0, 0.05) is 24.1 Å². The lowest BCUT2D eigenvalue weighted by atomic mass is 9.98. The summed E-state index contributed by atoms with van der Waals surface area (Å²) in [6, 6.07) is 17.7. The third-order valence-electron chi connectivity index (χ3n) is 6.49. The van der Waals surface area contributed by atoms with Crippen LogP contribution in [0.25, 0.3) is 11.1 Å². The molecular weight excluding hydrogens is 462 g/mol. The van der Waals surface area contributed by atoms with Crippen molar-refractivity contribution in [1.82, 2.24) is 4.90 Å². The summed E-state index contributed by atoms with van der Waals surface area (Å²) in [4.78, 5) is 26.9. The molecule has 8 nitrogen and oxygen atoms in total. The first kappa shape index (κ1) is 24.9. The molecule has 0 radical (unpaired) electrons. The molecule has 0 spiro atoms. The van der Waals surface area contributed by atoms with Crippen LogP contribution in [0.2, 0.25) is 0 Å². The monoisotopic (exact) mass is 491 g/mol. The number of carboxylic acids is 1. The molecule has 1 N–H and O–H groups in total. The Morgan fingerprint density at radius 2 is 1.39 bits per heavy atom. The minimum absolute atomic E-state index is 0.0821. The van der Waals surface area contributed by atoms with E-state index in [9.17, 15) is 14.7 Å². The zero-order valence-electron chi connectivity index (χ0n) is 20.7. The fourth-order valence-corrected chi connectivity index (χ4v) is 4.79. The number of methoxy groups -OCH3 is 3. The van der Waals surface area contributed by atoms with Crippen molar-refractivity contribution < 1.29 is 33.6 Å². The Morgan fingerprint density at radius 3 is 1.89 bits per heavy atom. The van der Waals surface area contributed by atoms with Gasteiger partial charge in [0.15, 0.2) is 17.5 Å². The highest BCUT2D eigenvalue weighted by molar-refractivity contribution is 5.83. The summed E-state index contributed by atoms with van der Waals surface area (Å²) in [7, 11) is 4.35. The smallest absolute Gasteiger partial charge is 0.410 e. The normalized spacial score (nSPS) is 12.8. The summed E-state index contributed by atoms with van der Waals surface area (Å²) in [5.41, 5.74) is 4.62. The molecule has 4 rings (SSSR count). The Labute approximate surface area is 210 Å². The van der Waals surface area contributed by atoms with Crippen molar-refractivity contribution in [3.05, 3.63) is 77.4 Å². The van der Waals surface area contributed by atoms with Gasteiger partial charge in [-0.1, -0.05) is 48.5 Å². The maximum Gasteiger partial charge on any atom is 0.410 e. The van der Waals surface area contributed by atoms with Crippen LogP contribution >= 0.6 is 0 Å². The van der Waals surface area contributed by atoms with E-state index >= 15 is 0 Å². The maximum absolute atomic E-state index is 13.3. The van der Waals surface area contributed by atoms with E-state index in [4.69, 9.17) is 18.9 Å². The molecule has 0 bridgehead atoms. The number of carbonyl (C=O) groups excluding carboxylic acids is 1. The van der Waals surface area contributed by atoms with E-state index in [1.165, 1.54) is 38.4 Å². The van der Waals surface area contributed by atoms with Crippen LogP contribution in [0.1, 0.15) is 35.6 Å². The molecule has 3 aromatic rings. The zero-order valence-corrected chi connectivity index (χ0v) is 20.7. The summed E-state index contributed by atoms with van der Waals surface area (Å²) >= 11 is 0. The molecule has 0 saturated carbocycles. The minimum Gasteiger partial charge on any atom is -0.496 e. The number of aliphatic carboxylic acids is 1. The first-order valence-corrected chi connectivity index (χ1v) is 11.6. The highest BCUT2D eigenvalue weighted by Gasteiger charge is 2.36. The second-order valence-corrected chi connectivity index (χ2v) is 8.28. The lowest BCUT2D eigenvalue weighted by molar-refractivity contribution is -0.143. The Bertz CT molecular complexity index is 1230. The number of carboxylic acid groups (broad SMARTS) is 1. The third-order valence-corrected chi connectivity index (χ3v) is 6.49. The van der Waals surface area contributed by atoms with E-state index in [2.05, 4.69) is 12.1 Å². The number of fused-ring (bicyclic) bond motifs is 3. The second-order valence-electron chi connectivity index (χ2n) is 8.28. The number of nitrogens with zero attached hydrogens (tertiary/aromatic N) is 1. The van der Waals surface area contributed by atoms with E-state index in [0.717, 1.165) is 22.3 Å². The standard InChI is InChI=1S/C28H29NO7/c1-5-29(26(27(30)31)21-14-24(34-3)25(35-4)15-23(21)33-2)28(32)36-16-22-19-12-8-6-10-17(19)18-11-7-9-13-20(18)22/h6-15,22,26H,5,16H2,1-4H3,(H,30,31). The molecule has 3 aromatic carbocycles. The van der Waals surface area contributed by atoms with Gasteiger partial charge in [-0.05, 0) is 35.2 Å². The molecule has 8 heteroatoms. The molecular formula is C28H29NO7. The van der Waals surface area contributed by atoms with Crippen LogP contribution in [0.4, 0.5) is 4.79 Å². The average molecular weight is 492 g/mol. The Balaban J connectivity index is 1.62. The lowest BCUT2D eigenvalue weighted by Crippen LogP contribution is -2.40. The van der Waals surface area contributed by atoms with Gasteiger partial charge in [0.25, 0.3) is 0 Å². The van der Waals surface area contributed by atoms with E-state index in [0.29, 0.717) is 11.5 Å². The lowest BCUT2D eigenvalue weighted by Gasteiger charge is -2.29. The molecule has 188 valence electrons. The first-order chi connectivity index (χ1) is 17.4. The maximum atomic E-state index is 13.3. The topological polar surface area (TPSA) is 94.5 Å². The third kappa shape index (κ3) is 4.42. The summed E-state index contributed by atoms with van der Waals surface area (Å²) < 4.78 is 21.8. The van der Waals surface area contributed by atoms with E-state index in [1.54, 1.807) is 6.92 Å². The predicted octanol–water partition coefficient (Wildman–Crippen LogP) is 5.11. The number of benzene rings is 3. The summed E-state index contributed by atoms with van der Waals surface area (Å²) in [6.07, 6.45) is -0.733. The number of carbonyl (C=O) groups is 2. The summed E-state index contributed by atoms with van der Waals surface area (Å²) in [5.74, 6) is -0.408. The van der Waals surface area contributed by atoms with Gasteiger partial charge < -0.3 is 24.1 Å². The van der Waals surface area contributed by atoms with E-state index < -0.39 is 18.1 Å². The average Bonchev–Trinajstić information content (AvgIpc) is 3.23. The number of hydrogen-bond donors (Lipinski definition) is 1. The fraction of sp³-hybridized carbons (Fsp3) is 0.286. The SMILES string of the molecule is CCN(C(=O)OCC1c2ccccc2-c2ccccc21)C(C(=O)O)c1cc(OC)c(OC)cc1OC. The molecule has 0 aliphatic heterocycles. The van der Waals surface area contributed by atoms with Crippen LogP contribution in [0.3, 0.4) is 0 Å². The van der Waals surface area contributed by atoms with Crippen LogP contribution in [0.15, 0.2) is 60.7 Å². The number of rotatable bonds is 9. The fourth-order valence-electron chi connectivity index (χ4n) is 4.79. The van der Waals surface area contributed by atoms with Gasteiger partial charge in [0.2, 0.25) is 0 Å².